The number of nitrogens with zero attached hydrogens (tertiary/aromatic N) is 2. The molecule has 0 atom stereocenters. The monoisotopic (exact) mass is 254 g/mol. The Hall–Kier alpha value is -1.94. The zero-order chi connectivity index (χ0) is 14.3. The largest absolute Gasteiger partial charge is 0.482 e. The molecule has 6 nitrogen and oxygen atoms in total. The minimum absolute atomic E-state index is 0.00296. The summed E-state index contributed by atoms with van der Waals surface area (Å²) in [6, 6.07) is 0. The van der Waals surface area contributed by atoms with Crippen LogP contribution in [0, 0.1) is 0 Å². The number of rotatable bonds is 4. The summed E-state index contributed by atoms with van der Waals surface area (Å²) in [6.07, 6.45) is 1.65. The molecule has 0 aliphatic rings. The van der Waals surface area contributed by atoms with E-state index in [2.05, 4.69) is 4.79 Å². The van der Waals surface area contributed by atoms with E-state index in [1.165, 1.54) is 0 Å². The summed E-state index contributed by atoms with van der Waals surface area (Å²) in [5, 5.41) is 0. The van der Waals surface area contributed by atoms with Crippen molar-refractivity contribution >= 4 is 17.7 Å². The molecular formula is C12H18N2O4. The topological polar surface area (TPSA) is 89.0 Å². The summed E-state index contributed by atoms with van der Waals surface area (Å²) in [5.41, 5.74) is 8.05. The molecule has 0 aliphatic heterocycles. The number of ether oxygens (including phenoxy) is 2. The molecule has 0 aromatic heterocycles. The quantitative estimate of drug-likeness (QED) is 0.190. The van der Waals surface area contributed by atoms with Gasteiger partial charge in [-0.3, -0.25) is 0 Å². The van der Waals surface area contributed by atoms with Gasteiger partial charge in [0.2, 0.25) is 0 Å². The van der Waals surface area contributed by atoms with Crippen LogP contribution in [0.1, 0.15) is 34.6 Å². The van der Waals surface area contributed by atoms with Gasteiger partial charge >= 0.3 is 17.7 Å². The van der Waals surface area contributed by atoms with E-state index in [9.17, 15) is 9.59 Å². The van der Waals surface area contributed by atoms with Crippen LogP contribution in [-0.2, 0) is 19.1 Å². The van der Waals surface area contributed by atoms with Gasteiger partial charge in [-0.1, -0.05) is 5.57 Å². The van der Waals surface area contributed by atoms with Crippen LogP contribution in [0.25, 0.3) is 5.53 Å². The molecule has 0 aromatic rings. The lowest BCUT2D eigenvalue weighted by Gasteiger charge is -2.17. The maximum absolute atomic E-state index is 11.5. The van der Waals surface area contributed by atoms with Crippen molar-refractivity contribution in [3.8, 4) is 0 Å². The molecule has 6 heteroatoms. The zero-order valence-corrected chi connectivity index (χ0v) is 11.3. The number of allylic oxidation sites excluding steroid dienone is 1. The molecule has 0 saturated carbocycles. The fourth-order valence-electron chi connectivity index (χ4n) is 0.844. The highest BCUT2D eigenvalue weighted by Gasteiger charge is 2.35. The lowest BCUT2D eigenvalue weighted by molar-refractivity contribution is -0.155. The van der Waals surface area contributed by atoms with Crippen LogP contribution in [0.4, 0.5) is 0 Å². The van der Waals surface area contributed by atoms with Crippen LogP contribution in [0.15, 0.2) is 11.6 Å². The molecule has 0 saturated heterocycles. The van der Waals surface area contributed by atoms with Gasteiger partial charge in [-0.05, 0) is 40.7 Å². The van der Waals surface area contributed by atoms with Gasteiger partial charge in [0, 0.05) is 0 Å². The molecule has 0 heterocycles. The third-order valence-electron chi connectivity index (χ3n) is 1.59. The van der Waals surface area contributed by atoms with Gasteiger partial charge < -0.3 is 15.0 Å². The van der Waals surface area contributed by atoms with Gasteiger partial charge in [0.15, 0.2) is 0 Å². The Kier molecular flexibility index (Phi) is 5.99. The molecule has 18 heavy (non-hydrogen) atoms. The van der Waals surface area contributed by atoms with Crippen molar-refractivity contribution in [2.24, 2.45) is 0 Å². The lowest BCUT2D eigenvalue weighted by atomic mass is 10.2. The average molecular weight is 254 g/mol. The van der Waals surface area contributed by atoms with Crippen LogP contribution in [0.5, 0.6) is 0 Å². The molecule has 0 amide bonds. The first-order valence-corrected chi connectivity index (χ1v) is 5.43. The van der Waals surface area contributed by atoms with E-state index >= 15 is 0 Å². The van der Waals surface area contributed by atoms with Crippen molar-refractivity contribution in [3.05, 3.63) is 17.2 Å². The smallest absolute Gasteiger partial charge is 0.452 e. The lowest BCUT2D eigenvalue weighted by Crippen LogP contribution is -2.34. The SMILES string of the molecule is CC(C)=CCOC(=O)C(=[N+]=[N-])C(=O)OC(C)(C)C. The molecule has 0 unspecified atom stereocenters. The minimum Gasteiger partial charge on any atom is -0.452 e. The Balaban J connectivity index is 4.61. The van der Waals surface area contributed by atoms with Crippen molar-refractivity contribution in [3.63, 3.8) is 0 Å². The molecule has 0 aromatic carbocycles. The molecule has 0 rings (SSSR count). The first-order valence-electron chi connectivity index (χ1n) is 5.43. The van der Waals surface area contributed by atoms with E-state index in [4.69, 9.17) is 15.0 Å². The molecule has 0 aliphatic carbocycles. The Morgan fingerprint density at radius 3 is 2.17 bits per heavy atom. The summed E-state index contributed by atoms with van der Waals surface area (Å²) in [5.74, 6) is -2.04. The maximum atomic E-state index is 11.5. The second-order valence-electron chi connectivity index (χ2n) is 4.83. The van der Waals surface area contributed by atoms with E-state index in [0.717, 1.165) is 5.57 Å². The van der Waals surface area contributed by atoms with Crippen molar-refractivity contribution in [1.82, 2.24) is 0 Å². The third kappa shape index (κ3) is 6.60. The van der Waals surface area contributed by atoms with Gasteiger partial charge in [0.1, 0.15) is 12.2 Å². The van der Waals surface area contributed by atoms with Gasteiger partial charge in [-0.2, -0.15) is 4.79 Å². The van der Waals surface area contributed by atoms with E-state index in [0.29, 0.717) is 0 Å². The zero-order valence-electron chi connectivity index (χ0n) is 11.3. The Morgan fingerprint density at radius 1 is 1.22 bits per heavy atom. The predicted octanol–water partition coefficient (Wildman–Crippen LogP) is 1.51. The maximum Gasteiger partial charge on any atom is 0.482 e. The number of esters is 2. The highest BCUT2D eigenvalue weighted by Crippen LogP contribution is 2.07. The van der Waals surface area contributed by atoms with E-state index in [-0.39, 0.29) is 6.61 Å². The summed E-state index contributed by atoms with van der Waals surface area (Å²) in [4.78, 5) is 25.6. The Bertz CT molecular complexity index is 408. The number of hydrogen-bond donors (Lipinski definition) is 0. The molecule has 100 valence electrons. The second-order valence-corrected chi connectivity index (χ2v) is 4.83. The number of carbonyl (C=O) groups excluding carboxylic acids is 2. The first kappa shape index (κ1) is 16.1. The fourth-order valence-corrected chi connectivity index (χ4v) is 0.844. The van der Waals surface area contributed by atoms with E-state index in [1.807, 2.05) is 13.8 Å². The number of carbonyl (C=O) groups is 2. The van der Waals surface area contributed by atoms with Crippen molar-refractivity contribution in [2.45, 2.75) is 40.2 Å². The van der Waals surface area contributed by atoms with Gasteiger partial charge in [-0.25, -0.2) is 9.59 Å². The summed E-state index contributed by atoms with van der Waals surface area (Å²) in [6.45, 7) is 8.58. The Labute approximate surface area is 106 Å². The second kappa shape index (κ2) is 6.71. The van der Waals surface area contributed by atoms with Crippen LogP contribution in [0.3, 0.4) is 0 Å². The highest BCUT2D eigenvalue weighted by molar-refractivity contribution is 6.60. The fraction of sp³-hybridized carbons (Fsp3) is 0.583. The van der Waals surface area contributed by atoms with Crippen LogP contribution >= 0.6 is 0 Å². The molecule has 0 radical (unpaired) electrons. The van der Waals surface area contributed by atoms with Gasteiger partial charge in [-0.15, -0.1) is 0 Å². The summed E-state index contributed by atoms with van der Waals surface area (Å²) in [7, 11) is 0. The molecular weight excluding hydrogens is 236 g/mol. The standard InChI is InChI=1S/C12H18N2O4/c1-8(2)6-7-17-10(15)9(14-13)11(16)18-12(3,4)5/h6H,7H2,1-5H3. The van der Waals surface area contributed by atoms with Gasteiger partial charge in [0.25, 0.3) is 0 Å². The Morgan fingerprint density at radius 2 is 1.78 bits per heavy atom. The molecule has 0 fully saturated rings. The molecule has 0 bridgehead atoms. The van der Waals surface area contributed by atoms with Crippen LogP contribution in [-0.4, -0.2) is 34.6 Å². The summed E-state index contributed by atoms with van der Waals surface area (Å²) >= 11 is 0. The van der Waals surface area contributed by atoms with Crippen molar-refractivity contribution < 1.29 is 23.9 Å². The van der Waals surface area contributed by atoms with E-state index < -0.39 is 23.3 Å². The highest BCUT2D eigenvalue weighted by atomic mass is 16.6. The average Bonchev–Trinajstić information content (AvgIpc) is 2.14. The molecule has 0 N–H and O–H groups in total. The number of hydrogen-bond acceptors (Lipinski definition) is 4. The molecule has 0 spiro atoms. The minimum atomic E-state index is -1.02. The van der Waals surface area contributed by atoms with Crippen molar-refractivity contribution in [2.75, 3.05) is 6.61 Å². The van der Waals surface area contributed by atoms with Crippen LogP contribution < -0.4 is 0 Å². The van der Waals surface area contributed by atoms with Gasteiger partial charge in [0.05, 0.1) is 0 Å². The third-order valence-corrected chi connectivity index (χ3v) is 1.59. The van der Waals surface area contributed by atoms with Crippen molar-refractivity contribution in [1.29, 1.82) is 0 Å². The first-order chi connectivity index (χ1) is 8.17. The normalized spacial score (nSPS) is 10.1. The van der Waals surface area contributed by atoms with E-state index in [1.54, 1.807) is 26.8 Å². The predicted molar refractivity (Wildman–Crippen MR) is 64.9 cm³/mol. The van der Waals surface area contributed by atoms with Crippen LogP contribution in [0.2, 0.25) is 0 Å². The summed E-state index contributed by atoms with van der Waals surface area (Å²) < 4.78 is 9.63.